The third-order valence-electron chi connectivity index (χ3n) is 4.45. The summed E-state index contributed by atoms with van der Waals surface area (Å²) >= 11 is 1.77. The Morgan fingerprint density at radius 3 is 2.84 bits per heavy atom. The molecule has 2 aliphatic rings. The van der Waals surface area contributed by atoms with Crippen molar-refractivity contribution >= 4 is 17.2 Å². The second-order valence-electron chi connectivity index (χ2n) is 5.74. The molecule has 3 nitrogen and oxygen atoms in total. The number of hydrogen-bond acceptors (Lipinski definition) is 3. The molecule has 1 aliphatic heterocycles. The molecule has 3 rings (SSSR count). The number of hydrogen-bond donors (Lipinski definition) is 2. The van der Waals surface area contributed by atoms with E-state index < -0.39 is 0 Å². The molecule has 1 amide bonds. The number of amides is 1. The maximum Gasteiger partial charge on any atom is 0.224 e. The van der Waals surface area contributed by atoms with E-state index in [0.29, 0.717) is 5.92 Å². The van der Waals surface area contributed by atoms with Gasteiger partial charge in [0.15, 0.2) is 0 Å². The van der Waals surface area contributed by atoms with Crippen LogP contribution in [-0.4, -0.2) is 19.0 Å². The number of carbonyl (C=O) groups is 1. The van der Waals surface area contributed by atoms with Crippen LogP contribution in [0.1, 0.15) is 43.0 Å². The van der Waals surface area contributed by atoms with E-state index in [0.717, 1.165) is 19.5 Å². The molecule has 1 aromatic rings. The Kier molecular flexibility index (Phi) is 4.18. The van der Waals surface area contributed by atoms with E-state index in [9.17, 15) is 4.79 Å². The van der Waals surface area contributed by atoms with Crippen molar-refractivity contribution in [3.63, 3.8) is 0 Å². The van der Waals surface area contributed by atoms with Crippen molar-refractivity contribution in [1.29, 1.82) is 0 Å². The zero-order valence-electron chi connectivity index (χ0n) is 11.2. The van der Waals surface area contributed by atoms with Gasteiger partial charge >= 0.3 is 0 Å². The summed E-state index contributed by atoms with van der Waals surface area (Å²) in [6, 6.07) is 4.50. The van der Waals surface area contributed by atoms with Crippen molar-refractivity contribution in [3.8, 4) is 0 Å². The van der Waals surface area contributed by atoms with Crippen molar-refractivity contribution < 1.29 is 4.79 Å². The summed E-state index contributed by atoms with van der Waals surface area (Å²) in [6.45, 7) is 1.82. The topological polar surface area (TPSA) is 41.1 Å². The maximum atomic E-state index is 12.4. The predicted molar refractivity (Wildman–Crippen MR) is 78.1 cm³/mol. The van der Waals surface area contributed by atoms with Gasteiger partial charge in [0.05, 0.1) is 12.0 Å². The Labute approximate surface area is 118 Å². The SMILES string of the molecule is O=C(NC(c1cccs1)C1CCCC1)C1CCNC1. The minimum absolute atomic E-state index is 0.170. The van der Waals surface area contributed by atoms with Crippen LogP contribution in [-0.2, 0) is 4.79 Å². The summed E-state index contributed by atoms with van der Waals surface area (Å²) in [5.74, 6) is 1.05. The maximum absolute atomic E-state index is 12.4. The average Bonchev–Trinajstić information content (AvgIpc) is 3.17. The molecule has 2 heterocycles. The van der Waals surface area contributed by atoms with E-state index in [2.05, 4.69) is 28.1 Å². The zero-order chi connectivity index (χ0) is 13.1. The minimum atomic E-state index is 0.170. The van der Waals surface area contributed by atoms with E-state index in [-0.39, 0.29) is 17.9 Å². The lowest BCUT2D eigenvalue weighted by Crippen LogP contribution is -2.37. The highest BCUT2D eigenvalue weighted by Gasteiger charge is 2.31. The molecule has 2 N–H and O–H groups in total. The molecule has 104 valence electrons. The van der Waals surface area contributed by atoms with Crippen molar-refractivity contribution in [1.82, 2.24) is 10.6 Å². The van der Waals surface area contributed by atoms with E-state index >= 15 is 0 Å². The monoisotopic (exact) mass is 278 g/mol. The van der Waals surface area contributed by atoms with Gasteiger partial charge in [0.2, 0.25) is 5.91 Å². The van der Waals surface area contributed by atoms with Gasteiger partial charge in [0, 0.05) is 11.4 Å². The lowest BCUT2D eigenvalue weighted by molar-refractivity contribution is -0.125. The van der Waals surface area contributed by atoms with Crippen LogP contribution in [0, 0.1) is 11.8 Å². The van der Waals surface area contributed by atoms with Crippen LogP contribution in [0.25, 0.3) is 0 Å². The second kappa shape index (κ2) is 6.06. The first-order chi connectivity index (χ1) is 9.34. The average molecular weight is 278 g/mol. The van der Waals surface area contributed by atoms with Crippen LogP contribution in [0.5, 0.6) is 0 Å². The van der Waals surface area contributed by atoms with Gasteiger partial charge in [-0.3, -0.25) is 4.79 Å². The zero-order valence-corrected chi connectivity index (χ0v) is 12.0. The van der Waals surface area contributed by atoms with Gasteiger partial charge in [0.25, 0.3) is 0 Å². The molecule has 0 radical (unpaired) electrons. The molecule has 0 aromatic carbocycles. The smallest absolute Gasteiger partial charge is 0.224 e. The number of carbonyl (C=O) groups excluding carboxylic acids is 1. The fourth-order valence-electron chi connectivity index (χ4n) is 3.33. The molecule has 0 bridgehead atoms. The minimum Gasteiger partial charge on any atom is -0.348 e. The van der Waals surface area contributed by atoms with E-state index in [1.807, 2.05) is 0 Å². The summed E-state index contributed by atoms with van der Waals surface area (Å²) < 4.78 is 0. The highest BCUT2D eigenvalue weighted by atomic mass is 32.1. The standard InChI is InChI=1S/C15H22N2OS/c18-15(12-7-8-16-10-12)17-14(11-4-1-2-5-11)13-6-3-9-19-13/h3,6,9,11-12,14,16H,1-2,4-5,7-8,10H2,(H,17,18). The Balaban J connectivity index is 1.69. The number of rotatable bonds is 4. The van der Waals surface area contributed by atoms with Gasteiger partial charge in [-0.15, -0.1) is 11.3 Å². The van der Waals surface area contributed by atoms with Gasteiger partial charge in [0.1, 0.15) is 0 Å². The molecule has 1 saturated carbocycles. The molecule has 2 unspecified atom stereocenters. The molecular weight excluding hydrogens is 256 g/mol. The number of thiophene rings is 1. The molecule has 2 atom stereocenters. The van der Waals surface area contributed by atoms with Crippen LogP contribution in [0.15, 0.2) is 17.5 Å². The summed E-state index contributed by atoms with van der Waals surface area (Å²) in [5, 5.41) is 8.72. The van der Waals surface area contributed by atoms with E-state index in [4.69, 9.17) is 0 Å². The Bertz CT molecular complexity index is 406. The van der Waals surface area contributed by atoms with Gasteiger partial charge < -0.3 is 10.6 Å². The van der Waals surface area contributed by atoms with Gasteiger partial charge in [-0.1, -0.05) is 18.9 Å². The lowest BCUT2D eigenvalue weighted by Gasteiger charge is -2.25. The molecule has 2 fully saturated rings. The first-order valence-corrected chi connectivity index (χ1v) is 8.27. The summed E-state index contributed by atoms with van der Waals surface area (Å²) in [6.07, 6.45) is 6.12. The third kappa shape index (κ3) is 3.00. The number of nitrogens with one attached hydrogen (secondary N) is 2. The quantitative estimate of drug-likeness (QED) is 0.889. The first kappa shape index (κ1) is 13.1. The van der Waals surface area contributed by atoms with Crippen LogP contribution < -0.4 is 10.6 Å². The predicted octanol–water partition coefficient (Wildman–Crippen LogP) is 2.71. The summed E-state index contributed by atoms with van der Waals surface area (Å²) in [4.78, 5) is 13.7. The molecule has 1 aliphatic carbocycles. The molecule has 1 saturated heterocycles. The van der Waals surface area contributed by atoms with Gasteiger partial charge in [-0.25, -0.2) is 0 Å². The molecular formula is C15H22N2OS. The first-order valence-electron chi connectivity index (χ1n) is 7.39. The Morgan fingerprint density at radius 2 is 2.21 bits per heavy atom. The van der Waals surface area contributed by atoms with Crippen molar-refractivity contribution in [2.45, 2.75) is 38.1 Å². The van der Waals surface area contributed by atoms with Crippen molar-refractivity contribution in [3.05, 3.63) is 22.4 Å². The Morgan fingerprint density at radius 1 is 1.37 bits per heavy atom. The molecule has 0 spiro atoms. The van der Waals surface area contributed by atoms with E-state index in [1.54, 1.807) is 11.3 Å². The molecule has 19 heavy (non-hydrogen) atoms. The highest BCUT2D eigenvalue weighted by molar-refractivity contribution is 7.10. The van der Waals surface area contributed by atoms with Crippen LogP contribution in [0.3, 0.4) is 0 Å². The van der Waals surface area contributed by atoms with Crippen LogP contribution in [0.4, 0.5) is 0 Å². The van der Waals surface area contributed by atoms with Crippen LogP contribution in [0.2, 0.25) is 0 Å². The third-order valence-corrected chi connectivity index (χ3v) is 5.41. The lowest BCUT2D eigenvalue weighted by atomic mass is 9.95. The molecule has 1 aromatic heterocycles. The summed E-state index contributed by atoms with van der Waals surface area (Å²) in [7, 11) is 0. The highest BCUT2D eigenvalue weighted by Crippen LogP contribution is 2.37. The molecule has 4 heteroatoms. The van der Waals surface area contributed by atoms with Crippen molar-refractivity contribution in [2.24, 2.45) is 11.8 Å². The van der Waals surface area contributed by atoms with Gasteiger partial charge in [-0.2, -0.15) is 0 Å². The fraction of sp³-hybridized carbons (Fsp3) is 0.667. The largest absolute Gasteiger partial charge is 0.348 e. The Hall–Kier alpha value is -0.870. The summed E-state index contributed by atoms with van der Waals surface area (Å²) in [5.41, 5.74) is 0. The van der Waals surface area contributed by atoms with Gasteiger partial charge in [-0.05, 0) is 43.2 Å². The second-order valence-corrected chi connectivity index (χ2v) is 6.72. The van der Waals surface area contributed by atoms with Crippen LogP contribution >= 0.6 is 11.3 Å². The fourth-order valence-corrected chi connectivity index (χ4v) is 4.20. The van der Waals surface area contributed by atoms with E-state index in [1.165, 1.54) is 30.6 Å². The van der Waals surface area contributed by atoms with Crippen molar-refractivity contribution in [2.75, 3.05) is 13.1 Å². The normalized spacial score (nSPS) is 25.6.